The first kappa shape index (κ1) is 12.2. The van der Waals surface area contributed by atoms with Gasteiger partial charge in [-0.05, 0) is 13.8 Å². The van der Waals surface area contributed by atoms with Gasteiger partial charge in [0.1, 0.15) is 6.61 Å². The second kappa shape index (κ2) is 5.00. The van der Waals surface area contributed by atoms with Crippen molar-refractivity contribution in [1.29, 1.82) is 0 Å². The van der Waals surface area contributed by atoms with Gasteiger partial charge in [-0.3, -0.25) is 0 Å². The predicted molar refractivity (Wildman–Crippen MR) is 74.8 cm³/mol. The number of ether oxygens (including phenoxy) is 1. The summed E-state index contributed by atoms with van der Waals surface area (Å²) in [6.45, 7) is 5.38. The second-order valence-electron chi connectivity index (χ2n) is 4.48. The van der Waals surface area contributed by atoms with E-state index >= 15 is 0 Å². The highest BCUT2D eigenvalue weighted by molar-refractivity contribution is 7.09. The monoisotopic (exact) mass is 277 g/mol. The number of aryl methyl sites for hydroxylation is 1. The third-order valence-corrected chi connectivity index (χ3v) is 3.81. The summed E-state index contributed by atoms with van der Waals surface area (Å²) in [5.41, 5.74) is 2.89. The molecule has 0 saturated heterocycles. The first-order valence-electron chi connectivity index (χ1n) is 6.11. The van der Waals surface area contributed by atoms with Gasteiger partial charge in [0.2, 0.25) is 5.95 Å². The van der Waals surface area contributed by atoms with Crippen molar-refractivity contribution in [3.05, 3.63) is 22.3 Å². The first-order valence-corrected chi connectivity index (χ1v) is 6.99. The van der Waals surface area contributed by atoms with E-state index in [0.29, 0.717) is 24.8 Å². The van der Waals surface area contributed by atoms with E-state index in [1.807, 2.05) is 12.4 Å². The molecule has 2 aromatic rings. The number of hydrogen-bond acceptors (Lipinski definition) is 7. The van der Waals surface area contributed by atoms with E-state index < -0.39 is 0 Å². The maximum atomic E-state index is 5.54. The van der Waals surface area contributed by atoms with E-state index in [1.54, 1.807) is 17.5 Å². The fourth-order valence-corrected chi connectivity index (χ4v) is 2.53. The summed E-state index contributed by atoms with van der Waals surface area (Å²) >= 11 is 1.63. The minimum atomic E-state index is 0.263. The molecular weight excluding hydrogens is 262 g/mol. The summed E-state index contributed by atoms with van der Waals surface area (Å²) in [7, 11) is 0. The van der Waals surface area contributed by atoms with Crippen LogP contribution in [-0.4, -0.2) is 27.6 Å². The number of hydrogen-bond donors (Lipinski definition) is 2. The Morgan fingerprint density at radius 1 is 1.53 bits per heavy atom. The second-order valence-corrected chi connectivity index (χ2v) is 5.42. The molecule has 19 heavy (non-hydrogen) atoms. The summed E-state index contributed by atoms with van der Waals surface area (Å²) in [5, 5.41) is 6.48. The standard InChI is InChI=1S/C12H15N5OS/c1-7-5-18-9-3-13-12(17-11(9)16-7)14-4-10-8(2)15-6-19-10/h3,6-7H,4-5H2,1-2H3,(H2,13,14,16,17). The molecule has 1 unspecified atom stereocenters. The van der Waals surface area contributed by atoms with Crippen molar-refractivity contribution in [2.75, 3.05) is 17.2 Å². The molecule has 0 radical (unpaired) electrons. The number of rotatable bonds is 3. The van der Waals surface area contributed by atoms with Crippen molar-refractivity contribution in [2.24, 2.45) is 0 Å². The van der Waals surface area contributed by atoms with Crippen LogP contribution in [0.5, 0.6) is 5.75 Å². The van der Waals surface area contributed by atoms with E-state index in [0.717, 1.165) is 11.5 Å². The molecule has 1 aliphatic rings. The molecule has 2 aromatic heterocycles. The van der Waals surface area contributed by atoms with Crippen molar-refractivity contribution in [3.8, 4) is 5.75 Å². The Morgan fingerprint density at radius 3 is 3.21 bits per heavy atom. The molecule has 0 saturated carbocycles. The maximum Gasteiger partial charge on any atom is 0.225 e. The van der Waals surface area contributed by atoms with Crippen LogP contribution in [0.4, 0.5) is 11.8 Å². The fraction of sp³-hybridized carbons (Fsp3) is 0.417. The molecular formula is C12H15N5OS. The van der Waals surface area contributed by atoms with Gasteiger partial charge in [-0.25, -0.2) is 9.97 Å². The van der Waals surface area contributed by atoms with Crippen LogP contribution in [0.3, 0.4) is 0 Å². The quantitative estimate of drug-likeness (QED) is 0.894. The lowest BCUT2D eigenvalue weighted by Crippen LogP contribution is -2.29. The number of nitrogens with one attached hydrogen (secondary N) is 2. The third-order valence-electron chi connectivity index (χ3n) is 2.88. The number of fused-ring (bicyclic) bond motifs is 1. The van der Waals surface area contributed by atoms with Crippen LogP contribution in [-0.2, 0) is 6.54 Å². The Labute approximate surface area is 115 Å². The van der Waals surface area contributed by atoms with E-state index in [9.17, 15) is 0 Å². The van der Waals surface area contributed by atoms with Crippen molar-refractivity contribution in [1.82, 2.24) is 15.0 Å². The zero-order chi connectivity index (χ0) is 13.2. The molecule has 6 nitrogen and oxygen atoms in total. The van der Waals surface area contributed by atoms with Gasteiger partial charge < -0.3 is 15.4 Å². The first-order chi connectivity index (χ1) is 9.22. The number of thiazole rings is 1. The van der Waals surface area contributed by atoms with Crippen molar-refractivity contribution < 1.29 is 4.74 Å². The number of nitrogens with zero attached hydrogens (tertiary/aromatic N) is 3. The molecule has 0 spiro atoms. The molecule has 0 aromatic carbocycles. The minimum absolute atomic E-state index is 0.263. The van der Waals surface area contributed by atoms with E-state index in [2.05, 4.69) is 32.5 Å². The van der Waals surface area contributed by atoms with Crippen LogP contribution in [0.25, 0.3) is 0 Å². The van der Waals surface area contributed by atoms with E-state index in [4.69, 9.17) is 4.74 Å². The number of anilines is 2. The highest BCUT2D eigenvalue weighted by Crippen LogP contribution is 2.26. The minimum Gasteiger partial charge on any atom is -0.486 e. The lowest BCUT2D eigenvalue weighted by Gasteiger charge is -2.23. The zero-order valence-electron chi connectivity index (χ0n) is 10.8. The maximum absolute atomic E-state index is 5.54. The van der Waals surface area contributed by atoms with Gasteiger partial charge >= 0.3 is 0 Å². The van der Waals surface area contributed by atoms with Crippen LogP contribution in [0, 0.1) is 6.92 Å². The average Bonchev–Trinajstić information content (AvgIpc) is 2.81. The Balaban J connectivity index is 1.72. The van der Waals surface area contributed by atoms with Crippen LogP contribution < -0.4 is 15.4 Å². The normalized spacial score (nSPS) is 17.3. The molecule has 0 amide bonds. The summed E-state index contributed by atoms with van der Waals surface area (Å²) in [5.74, 6) is 2.05. The summed E-state index contributed by atoms with van der Waals surface area (Å²) in [6.07, 6.45) is 1.70. The van der Waals surface area contributed by atoms with E-state index in [-0.39, 0.29) is 6.04 Å². The van der Waals surface area contributed by atoms with Crippen LogP contribution in [0.1, 0.15) is 17.5 Å². The summed E-state index contributed by atoms with van der Waals surface area (Å²) < 4.78 is 5.54. The lowest BCUT2D eigenvalue weighted by molar-refractivity contribution is 0.288. The van der Waals surface area contributed by atoms with Gasteiger partial charge in [0, 0.05) is 4.88 Å². The fourth-order valence-electron chi connectivity index (χ4n) is 1.81. The predicted octanol–water partition coefficient (Wildman–Crippen LogP) is 2.05. The lowest BCUT2D eigenvalue weighted by atomic mass is 10.3. The SMILES string of the molecule is Cc1ncsc1CNc1ncc2c(n1)NC(C)CO2. The molecule has 2 N–H and O–H groups in total. The van der Waals surface area contributed by atoms with Gasteiger partial charge in [0.25, 0.3) is 0 Å². The molecule has 3 rings (SSSR count). The van der Waals surface area contributed by atoms with Gasteiger partial charge in [0.05, 0.1) is 30.0 Å². The highest BCUT2D eigenvalue weighted by atomic mass is 32.1. The smallest absolute Gasteiger partial charge is 0.225 e. The number of aromatic nitrogens is 3. The van der Waals surface area contributed by atoms with Crippen LogP contribution in [0.15, 0.2) is 11.7 Å². The van der Waals surface area contributed by atoms with Gasteiger partial charge in [-0.1, -0.05) is 0 Å². The van der Waals surface area contributed by atoms with Gasteiger partial charge in [0.15, 0.2) is 11.6 Å². The summed E-state index contributed by atoms with van der Waals surface area (Å²) in [4.78, 5) is 14.1. The molecule has 0 aliphatic carbocycles. The topological polar surface area (TPSA) is 72.0 Å². The van der Waals surface area contributed by atoms with Crippen molar-refractivity contribution >= 4 is 23.1 Å². The molecule has 1 atom stereocenters. The zero-order valence-corrected chi connectivity index (χ0v) is 11.6. The Morgan fingerprint density at radius 2 is 2.42 bits per heavy atom. The largest absolute Gasteiger partial charge is 0.486 e. The van der Waals surface area contributed by atoms with E-state index in [1.165, 1.54) is 4.88 Å². The third kappa shape index (κ3) is 2.60. The Kier molecular flexibility index (Phi) is 3.20. The molecule has 7 heteroatoms. The molecule has 0 bridgehead atoms. The summed E-state index contributed by atoms with van der Waals surface area (Å²) in [6, 6.07) is 0.263. The molecule has 3 heterocycles. The van der Waals surface area contributed by atoms with Crippen LogP contribution in [0.2, 0.25) is 0 Å². The van der Waals surface area contributed by atoms with Crippen molar-refractivity contribution in [3.63, 3.8) is 0 Å². The molecule has 0 fully saturated rings. The van der Waals surface area contributed by atoms with Crippen LogP contribution >= 0.6 is 11.3 Å². The van der Waals surface area contributed by atoms with Crippen molar-refractivity contribution in [2.45, 2.75) is 26.4 Å². The molecule has 1 aliphatic heterocycles. The highest BCUT2D eigenvalue weighted by Gasteiger charge is 2.17. The average molecular weight is 277 g/mol. The molecule has 100 valence electrons. The Bertz CT molecular complexity index is 585. The van der Waals surface area contributed by atoms with Gasteiger partial charge in [-0.15, -0.1) is 11.3 Å². The van der Waals surface area contributed by atoms with Gasteiger partial charge in [-0.2, -0.15) is 4.98 Å². The Hall–Kier alpha value is -1.89.